The lowest BCUT2D eigenvalue weighted by atomic mass is 9.96. The zero-order valence-corrected chi connectivity index (χ0v) is 15.3. The topological polar surface area (TPSA) is 49.4 Å². The SMILES string of the molecule is CC(C)CN1CCC(CNC(=O)CCC(=O)c2ccc(F)cc2)CC1. The maximum absolute atomic E-state index is 12.8. The van der Waals surface area contributed by atoms with Crippen molar-refractivity contribution in [2.75, 3.05) is 26.2 Å². The van der Waals surface area contributed by atoms with Crippen LogP contribution >= 0.6 is 0 Å². The molecule has 1 saturated heterocycles. The van der Waals surface area contributed by atoms with E-state index in [1.54, 1.807) is 0 Å². The number of piperidine rings is 1. The Balaban J connectivity index is 1.63. The third-order valence-corrected chi connectivity index (χ3v) is 4.66. The number of carbonyl (C=O) groups is 2. The summed E-state index contributed by atoms with van der Waals surface area (Å²) in [4.78, 5) is 26.4. The maximum Gasteiger partial charge on any atom is 0.220 e. The molecule has 0 aliphatic carbocycles. The van der Waals surface area contributed by atoms with Gasteiger partial charge in [0, 0.05) is 31.5 Å². The number of hydrogen-bond donors (Lipinski definition) is 1. The Kier molecular flexibility index (Phi) is 7.56. The molecule has 1 amide bonds. The fourth-order valence-electron chi connectivity index (χ4n) is 3.24. The van der Waals surface area contributed by atoms with Gasteiger partial charge in [-0.15, -0.1) is 0 Å². The number of benzene rings is 1. The number of halogens is 1. The third kappa shape index (κ3) is 6.94. The van der Waals surface area contributed by atoms with Crippen LogP contribution in [0.2, 0.25) is 0 Å². The van der Waals surface area contributed by atoms with Gasteiger partial charge in [0.1, 0.15) is 5.82 Å². The Morgan fingerprint density at radius 1 is 1.16 bits per heavy atom. The van der Waals surface area contributed by atoms with Gasteiger partial charge in [-0.2, -0.15) is 0 Å². The summed E-state index contributed by atoms with van der Waals surface area (Å²) in [6.07, 6.45) is 2.57. The van der Waals surface area contributed by atoms with E-state index in [9.17, 15) is 14.0 Å². The van der Waals surface area contributed by atoms with E-state index in [0.717, 1.165) is 32.5 Å². The summed E-state index contributed by atoms with van der Waals surface area (Å²) in [6.45, 7) is 8.51. The monoisotopic (exact) mass is 348 g/mol. The van der Waals surface area contributed by atoms with Gasteiger partial charge in [0.25, 0.3) is 0 Å². The van der Waals surface area contributed by atoms with E-state index in [1.807, 2.05) is 0 Å². The number of rotatable bonds is 8. The Labute approximate surface area is 149 Å². The molecule has 25 heavy (non-hydrogen) atoms. The van der Waals surface area contributed by atoms with Crippen molar-refractivity contribution in [3.8, 4) is 0 Å². The molecule has 0 saturated carbocycles. The molecule has 0 bridgehead atoms. The number of nitrogens with zero attached hydrogens (tertiary/aromatic N) is 1. The molecule has 0 radical (unpaired) electrons. The quantitative estimate of drug-likeness (QED) is 0.734. The van der Waals surface area contributed by atoms with E-state index in [4.69, 9.17) is 0 Å². The maximum atomic E-state index is 12.8. The second-order valence-corrected chi connectivity index (χ2v) is 7.37. The molecule has 0 unspecified atom stereocenters. The van der Waals surface area contributed by atoms with Gasteiger partial charge in [-0.3, -0.25) is 9.59 Å². The molecular formula is C20H29FN2O2. The Morgan fingerprint density at radius 3 is 2.40 bits per heavy atom. The van der Waals surface area contributed by atoms with Crippen LogP contribution in [-0.4, -0.2) is 42.8 Å². The van der Waals surface area contributed by atoms with Crippen molar-refractivity contribution >= 4 is 11.7 Å². The van der Waals surface area contributed by atoms with Gasteiger partial charge in [0.05, 0.1) is 0 Å². The number of carbonyl (C=O) groups excluding carboxylic acids is 2. The lowest BCUT2D eigenvalue weighted by Gasteiger charge is -2.33. The molecule has 4 nitrogen and oxygen atoms in total. The number of ketones is 1. The third-order valence-electron chi connectivity index (χ3n) is 4.66. The summed E-state index contributed by atoms with van der Waals surface area (Å²) >= 11 is 0. The molecule has 1 N–H and O–H groups in total. The van der Waals surface area contributed by atoms with Crippen LogP contribution in [0.5, 0.6) is 0 Å². The minimum absolute atomic E-state index is 0.0833. The van der Waals surface area contributed by atoms with Crippen LogP contribution < -0.4 is 5.32 Å². The smallest absolute Gasteiger partial charge is 0.220 e. The summed E-state index contributed by atoms with van der Waals surface area (Å²) in [7, 11) is 0. The lowest BCUT2D eigenvalue weighted by molar-refractivity contribution is -0.121. The van der Waals surface area contributed by atoms with Crippen molar-refractivity contribution in [3.05, 3.63) is 35.6 Å². The average Bonchev–Trinajstić information content (AvgIpc) is 2.59. The Hall–Kier alpha value is -1.75. The van der Waals surface area contributed by atoms with Crippen molar-refractivity contribution in [2.45, 2.75) is 39.5 Å². The fraction of sp³-hybridized carbons (Fsp3) is 0.600. The van der Waals surface area contributed by atoms with Crippen molar-refractivity contribution in [3.63, 3.8) is 0 Å². The Bertz CT molecular complexity index is 564. The van der Waals surface area contributed by atoms with Crippen molar-refractivity contribution in [1.29, 1.82) is 0 Å². The molecular weight excluding hydrogens is 319 g/mol. The number of Topliss-reactive ketones (excluding diaryl/α,β-unsaturated/α-hetero) is 1. The van der Waals surface area contributed by atoms with Crippen LogP contribution in [0.25, 0.3) is 0 Å². The summed E-state index contributed by atoms with van der Waals surface area (Å²) in [5, 5.41) is 2.95. The predicted molar refractivity (Wildman–Crippen MR) is 97.0 cm³/mol. The van der Waals surface area contributed by atoms with Gasteiger partial charge in [-0.25, -0.2) is 4.39 Å². The van der Waals surface area contributed by atoms with E-state index < -0.39 is 0 Å². The number of nitrogens with one attached hydrogen (secondary N) is 1. The zero-order valence-electron chi connectivity index (χ0n) is 15.3. The van der Waals surface area contributed by atoms with Crippen LogP contribution in [0.4, 0.5) is 4.39 Å². The summed E-state index contributed by atoms with van der Waals surface area (Å²) in [5.41, 5.74) is 0.451. The first-order chi connectivity index (χ1) is 11.9. The predicted octanol–water partition coefficient (Wildman–Crippen LogP) is 3.27. The molecule has 138 valence electrons. The fourth-order valence-corrected chi connectivity index (χ4v) is 3.24. The molecule has 1 fully saturated rings. The Morgan fingerprint density at radius 2 is 1.80 bits per heavy atom. The highest BCUT2D eigenvalue weighted by Crippen LogP contribution is 2.17. The van der Waals surface area contributed by atoms with Gasteiger partial charge in [-0.1, -0.05) is 13.8 Å². The molecule has 0 aromatic heterocycles. The largest absolute Gasteiger partial charge is 0.356 e. The van der Waals surface area contributed by atoms with Crippen LogP contribution in [-0.2, 0) is 4.79 Å². The first-order valence-corrected chi connectivity index (χ1v) is 9.22. The molecule has 0 atom stereocenters. The van der Waals surface area contributed by atoms with Gasteiger partial charge in [0.2, 0.25) is 5.91 Å². The van der Waals surface area contributed by atoms with E-state index in [-0.39, 0.29) is 30.3 Å². The first kappa shape index (κ1) is 19.6. The minimum atomic E-state index is -0.367. The molecule has 1 aliphatic heterocycles. The van der Waals surface area contributed by atoms with E-state index in [2.05, 4.69) is 24.1 Å². The van der Waals surface area contributed by atoms with Gasteiger partial charge < -0.3 is 10.2 Å². The minimum Gasteiger partial charge on any atom is -0.356 e. The zero-order chi connectivity index (χ0) is 18.2. The molecule has 1 aromatic rings. The number of hydrogen-bond acceptors (Lipinski definition) is 3. The van der Waals surface area contributed by atoms with Crippen molar-refractivity contribution < 1.29 is 14.0 Å². The van der Waals surface area contributed by atoms with Gasteiger partial charge in [0.15, 0.2) is 5.78 Å². The average molecular weight is 348 g/mol. The summed E-state index contributed by atoms with van der Waals surface area (Å²) in [6, 6.07) is 5.44. The highest BCUT2D eigenvalue weighted by Gasteiger charge is 2.20. The molecule has 0 spiro atoms. The van der Waals surface area contributed by atoms with Crippen LogP contribution in [0, 0.1) is 17.7 Å². The summed E-state index contributed by atoms with van der Waals surface area (Å²) in [5.74, 6) is 0.640. The highest BCUT2D eigenvalue weighted by molar-refractivity contribution is 5.97. The first-order valence-electron chi connectivity index (χ1n) is 9.22. The molecule has 5 heteroatoms. The van der Waals surface area contributed by atoms with Crippen LogP contribution in [0.15, 0.2) is 24.3 Å². The van der Waals surface area contributed by atoms with E-state index in [0.29, 0.717) is 23.9 Å². The van der Waals surface area contributed by atoms with E-state index in [1.165, 1.54) is 24.3 Å². The second-order valence-electron chi connectivity index (χ2n) is 7.37. The van der Waals surface area contributed by atoms with Crippen molar-refractivity contribution in [2.24, 2.45) is 11.8 Å². The van der Waals surface area contributed by atoms with Gasteiger partial charge >= 0.3 is 0 Å². The number of likely N-dealkylation sites (tertiary alicyclic amines) is 1. The molecule has 1 heterocycles. The standard InChI is InChI=1S/C20H29FN2O2/c1-15(2)14-23-11-9-16(10-12-23)13-22-20(25)8-7-19(24)17-3-5-18(21)6-4-17/h3-6,15-16H,7-14H2,1-2H3,(H,22,25). The van der Waals surface area contributed by atoms with Crippen molar-refractivity contribution in [1.82, 2.24) is 10.2 Å². The van der Waals surface area contributed by atoms with Crippen LogP contribution in [0.3, 0.4) is 0 Å². The number of amides is 1. The molecule has 1 aromatic carbocycles. The lowest BCUT2D eigenvalue weighted by Crippen LogP contribution is -2.40. The van der Waals surface area contributed by atoms with Gasteiger partial charge in [-0.05, 0) is 62.0 Å². The highest BCUT2D eigenvalue weighted by atomic mass is 19.1. The second kappa shape index (κ2) is 9.66. The van der Waals surface area contributed by atoms with Crippen LogP contribution in [0.1, 0.15) is 49.9 Å². The molecule has 1 aliphatic rings. The van der Waals surface area contributed by atoms with E-state index >= 15 is 0 Å². The normalized spacial score (nSPS) is 16.2. The molecule has 2 rings (SSSR count). The summed E-state index contributed by atoms with van der Waals surface area (Å²) < 4.78 is 12.8.